The molecule has 1 aliphatic heterocycles. The number of thiazole rings is 1. The Labute approximate surface area is 184 Å². The van der Waals surface area contributed by atoms with Crippen LogP contribution < -0.4 is 16.4 Å². The highest BCUT2D eigenvalue weighted by Crippen LogP contribution is 2.30. The number of piperazine rings is 1. The van der Waals surface area contributed by atoms with Crippen molar-refractivity contribution in [3.63, 3.8) is 0 Å². The van der Waals surface area contributed by atoms with E-state index in [9.17, 15) is 4.79 Å². The molecule has 7 nitrogen and oxygen atoms in total. The van der Waals surface area contributed by atoms with Crippen LogP contribution in [-0.2, 0) is 6.54 Å². The zero-order valence-electron chi connectivity index (χ0n) is 17.0. The molecule has 1 fully saturated rings. The van der Waals surface area contributed by atoms with E-state index in [1.165, 1.54) is 5.69 Å². The highest BCUT2D eigenvalue weighted by atomic mass is 32.1. The Balaban J connectivity index is 1.42. The third-order valence-corrected chi connectivity index (χ3v) is 6.37. The Bertz CT molecular complexity index is 1220. The molecular formula is C23H24N6OS. The van der Waals surface area contributed by atoms with Crippen molar-refractivity contribution in [1.82, 2.24) is 19.6 Å². The first kappa shape index (κ1) is 19.7. The van der Waals surface area contributed by atoms with Crippen LogP contribution in [0.25, 0.3) is 16.2 Å². The Morgan fingerprint density at radius 2 is 2.00 bits per heavy atom. The van der Waals surface area contributed by atoms with E-state index in [0.717, 1.165) is 54.6 Å². The predicted molar refractivity (Wildman–Crippen MR) is 125 cm³/mol. The topological polar surface area (TPSA) is 87.7 Å². The van der Waals surface area contributed by atoms with Crippen molar-refractivity contribution in [2.24, 2.45) is 0 Å². The number of aromatic nitrogens is 2. The molecule has 0 spiro atoms. The number of anilines is 2. The molecule has 0 saturated carbocycles. The van der Waals surface area contributed by atoms with E-state index in [0.29, 0.717) is 11.3 Å². The van der Waals surface area contributed by atoms with Crippen LogP contribution in [0.2, 0.25) is 0 Å². The van der Waals surface area contributed by atoms with E-state index in [4.69, 9.17) is 10.7 Å². The molecule has 1 amide bonds. The molecule has 0 aliphatic carbocycles. The van der Waals surface area contributed by atoms with Crippen LogP contribution in [0.4, 0.5) is 11.4 Å². The van der Waals surface area contributed by atoms with Crippen LogP contribution in [0.15, 0.2) is 60.1 Å². The van der Waals surface area contributed by atoms with Crippen molar-refractivity contribution in [3.8, 4) is 11.3 Å². The molecular weight excluding hydrogens is 408 g/mol. The third kappa shape index (κ3) is 4.18. The Morgan fingerprint density at radius 3 is 2.84 bits per heavy atom. The summed E-state index contributed by atoms with van der Waals surface area (Å²) in [5.41, 5.74) is 10.6. The van der Waals surface area contributed by atoms with Gasteiger partial charge >= 0.3 is 0 Å². The number of nitrogen functional groups attached to an aromatic ring is 1. The van der Waals surface area contributed by atoms with E-state index in [1.807, 2.05) is 24.3 Å². The smallest absolute Gasteiger partial charge is 0.255 e. The van der Waals surface area contributed by atoms with Gasteiger partial charge in [-0.05, 0) is 24.3 Å². The largest absolute Gasteiger partial charge is 0.399 e. The van der Waals surface area contributed by atoms with E-state index < -0.39 is 0 Å². The maximum atomic E-state index is 12.7. The summed E-state index contributed by atoms with van der Waals surface area (Å²) < 4.78 is 2.17. The second-order valence-corrected chi connectivity index (χ2v) is 8.49. The minimum atomic E-state index is -0.194. The van der Waals surface area contributed by atoms with Gasteiger partial charge in [0.25, 0.3) is 5.91 Å². The van der Waals surface area contributed by atoms with Crippen LogP contribution in [0.1, 0.15) is 16.1 Å². The van der Waals surface area contributed by atoms with E-state index in [2.05, 4.69) is 31.5 Å². The molecule has 0 bridgehead atoms. The molecule has 31 heavy (non-hydrogen) atoms. The number of hydrogen-bond donors (Lipinski definition) is 3. The lowest BCUT2D eigenvalue weighted by Gasteiger charge is -2.26. The van der Waals surface area contributed by atoms with Gasteiger partial charge in [0.15, 0.2) is 4.96 Å². The molecule has 2 aromatic carbocycles. The van der Waals surface area contributed by atoms with Gasteiger partial charge in [-0.2, -0.15) is 0 Å². The SMILES string of the molecule is Nc1cccc(C(=O)Nc2ccccc2-c2cn3c(CN4CCNCC4)csc3n2)c1. The zero-order valence-corrected chi connectivity index (χ0v) is 17.9. The van der Waals surface area contributed by atoms with Crippen molar-refractivity contribution >= 4 is 33.6 Å². The number of para-hydroxylation sites is 1. The second-order valence-electron chi connectivity index (χ2n) is 7.66. The predicted octanol–water partition coefficient (Wildman–Crippen LogP) is 3.30. The first-order valence-corrected chi connectivity index (χ1v) is 11.2. The fraction of sp³-hybridized carbons (Fsp3) is 0.217. The Kier molecular flexibility index (Phi) is 5.42. The summed E-state index contributed by atoms with van der Waals surface area (Å²) in [6.45, 7) is 5.08. The summed E-state index contributed by atoms with van der Waals surface area (Å²) in [7, 11) is 0. The van der Waals surface area contributed by atoms with Crippen molar-refractivity contribution in [1.29, 1.82) is 0 Å². The quantitative estimate of drug-likeness (QED) is 0.421. The van der Waals surface area contributed by atoms with Crippen LogP contribution >= 0.6 is 11.3 Å². The number of benzene rings is 2. The van der Waals surface area contributed by atoms with Gasteiger partial charge in [0.05, 0.1) is 11.4 Å². The van der Waals surface area contributed by atoms with Gasteiger partial charge in [0, 0.05) is 66.8 Å². The molecule has 0 unspecified atom stereocenters. The molecule has 8 heteroatoms. The first-order chi connectivity index (χ1) is 15.2. The van der Waals surface area contributed by atoms with Crippen LogP contribution in [0.5, 0.6) is 0 Å². The summed E-state index contributed by atoms with van der Waals surface area (Å²) >= 11 is 1.64. The van der Waals surface area contributed by atoms with Crippen LogP contribution in [-0.4, -0.2) is 46.4 Å². The van der Waals surface area contributed by atoms with Gasteiger partial charge in [-0.3, -0.25) is 14.1 Å². The number of rotatable bonds is 5. The lowest BCUT2D eigenvalue weighted by atomic mass is 10.1. The Hall–Kier alpha value is -3.20. The van der Waals surface area contributed by atoms with Crippen LogP contribution in [0, 0.1) is 0 Å². The van der Waals surface area contributed by atoms with E-state index in [1.54, 1.807) is 35.6 Å². The average molecular weight is 433 g/mol. The molecule has 2 aromatic heterocycles. The molecule has 5 rings (SSSR count). The number of imidazole rings is 1. The molecule has 1 aliphatic rings. The highest BCUT2D eigenvalue weighted by Gasteiger charge is 2.17. The number of nitrogens with zero attached hydrogens (tertiary/aromatic N) is 3. The Morgan fingerprint density at radius 1 is 1.16 bits per heavy atom. The van der Waals surface area contributed by atoms with Crippen molar-refractivity contribution in [3.05, 3.63) is 71.4 Å². The number of nitrogens with two attached hydrogens (primary N) is 1. The second kappa shape index (κ2) is 8.50. The van der Waals surface area contributed by atoms with Crippen molar-refractivity contribution < 1.29 is 4.79 Å². The fourth-order valence-electron chi connectivity index (χ4n) is 3.86. The van der Waals surface area contributed by atoms with Crippen molar-refractivity contribution in [2.75, 3.05) is 37.2 Å². The van der Waals surface area contributed by atoms with Gasteiger partial charge in [-0.15, -0.1) is 11.3 Å². The van der Waals surface area contributed by atoms with Crippen molar-refractivity contribution in [2.45, 2.75) is 6.54 Å². The minimum Gasteiger partial charge on any atom is -0.399 e. The lowest BCUT2D eigenvalue weighted by molar-refractivity contribution is 0.102. The average Bonchev–Trinajstić information content (AvgIpc) is 3.37. The third-order valence-electron chi connectivity index (χ3n) is 5.48. The number of amides is 1. The summed E-state index contributed by atoms with van der Waals surface area (Å²) in [6, 6.07) is 14.7. The maximum Gasteiger partial charge on any atom is 0.255 e. The standard InChI is InChI=1S/C23H24N6OS/c24-17-5-3-4-16(12-17)22(30)26-20-7-2-1-6-19(20)21-14-29-18(15-31-23(29)27-21)13-28-10-8-25-9-11-28/h1-7,12,14-15,25H,8-11,13,24H2,(H,26,30). The van der Waals surface area contributed by atoms with Gasteiger partial charge < -0.3 is 16.4 Å². The monoisotopic (exact) mass is 432 g/mol. The number of fused-ring (bicyclic) bond motifs is 1. The number of nitrogens with one attached hydrogen (secondary N) is 2. The molecule has 1 saturated heterocycles. The summed E-state index contributed by atoms with van der Waals surface area (Å²) in [6.07, 6.45) is 2.06. The van der Waals surface area contributed by atoms with Gasteiger partial charge in [0.1, 0.15) is 0 Å². The molecule has 4 aromatic rings. The van der Waals surface area contributed by atoms with Gasteiger partial charge in [-0.25, -0.2) is 4.98 Å². The number of carbonyl (C=O) groups is 1. The molecule has 3 heterocycles. The lowest BCUT2D eigenvalue weighted by Crippen LogP contribution is -2.43. The molecule has 0 radical (unpaired) electrons. The molecule has 0 atom stereocenters. The first-order valence-electron chi connectivity index (χ1n) is 10.3. The zero-order chi connectivity index (χ0) is 21.2. The van der Waals surface area contributed by atoms with Crippen LogP contribution in [0.3, 0.4) is 0 Å². The van der Waals surface area contributed by atoms with Gasteiger partial charge in [0.2, 0.25) is 0 Å². The summed E-state index contributed by atoms with van der Waals surface area (Å²) in [5, 5.41) is 8.59. The summed E-state index contributed by atoms with van der Waals surface area (Å²) in [4.78, 5) is 21.0. The molecule has 158 valence electrons. The number of hydrogen-bond acceptors (Lipinski definition) is 6. The fourth-order valence-corrected chi connectivity index (χ4v) is 4.73. The minimum absolute atomic E-state index is 0.194. The van der Waals surface area contributed by atoms with Gasteiger partial charge in [-0.1, -0.05) is 24.3 Å². The maximum absolute atomic E-state index is 12.7. The number of carbonyl (C=O) groups excluding carboxylic acids is 1. The van der Waals surface area contributed by atoms with E-state index in [-0.39, 0.29) is 5.91 Å². The summed E-state index contributed by atoms with van der Waals surface area (Å²) in [5.74, 6) is -0.194. The molecule has 4 N–H and O–H groups in total. The normalized spacial score (nSPS) is 14.7. The van der Waals surface area contributed by atoms with E-state index >= 15 is 0 Å². The highest BCUT2D eigenvalue weighted by molar-refractivity contribution is 7.15.